The maximum absolute atomic E-state index is 10.9. The lowest BCUT2D eigenvalue weighted by Gasteiger charge is -2.15. The van der Waals surface area contributed by atoms with Crippen molar-refractivity contribution in [2.45, 2.75) is 13.8 Å². The Hall–Kier alpha value is -1.09. The second-order valence-corrected chi connectivity index (χ2v) is 3.48. The fourth-order valence-corrected chi connectivity index (χ4v) is 0.976. The summed E-state index contributed by atoms with van der Waals surface area (Å²) < 4.78 is 0. The van der Waals surface area contributed by atoms with Gasteiger partial charge < -0.3 is 0 Å². The summed E-state index contributed by atoms with van der Waals surface area (Å²) in [6.07, 6.45) is 2.62. The maximum Gasteiger partial charge on any atom is 0.253 e. The van der Waals surface area contributed by atoms with Crippen molar-refractivity contribution >= 4 is 23.4 Å². The molecule has 0 aromatic rings. The van der Waals surface area contributed by atoms with Crippen LogP contribution in [0.4, 0.5) is 0 Å². The lowest BCUT2D eigenvalue weighted by molar-refractivity contribution is -0.137. The molecule has 0 fully saturated rings. The highest BCUT2D eigenvalue weighted by Gasteiger charge is 2.23. The number of carbonyl (C=O) groups excluding carboxylic acids is 2. The molecule has 1 heterocycles. The van der Waals surface area contributed by atoms with E-state index >= 15 is 0 Å². The van der Waals surface area contributed by atoms with Gasteiger partial charge in [0.15, 0.2) is 0 Å². The predicted molar refractivity (Wildman–Crippen MR) is 56.7 cm³/mol. The van der Waals surface area contributed by atoms with Gasteiger partial charge >= 0.3 is 0 Å². The highest BCUT2D eigenvalue weighted by Crippen LogP contribution is 2.06. The molecule has 0 bridgehead atoms. The SMILES string of the molecule is C=CCl.CC(C)CN1C(=O)C=CC1=O. The largest absolute Gasteiger partial charge is 0.275 e. The van der Waals surface area contributed by atoms with Crippen LogP contribution in [-0.2, 0) is 9.59 Å². The molecule has 14 heavy (non-hydrogen) atoms. The molecule has 78 valence electrons. The number of hydrogen-bond acceptors (Lipinski definition) is 2. The highest BCUT2D eigenvalue weighted by molar-refractivity contribution is 6.25. The Balaban J connectivity index is 0.000000500. The van der Waals surface area contributed by atoms with Crippen LogP contribution in [0.1, 0.15) is 13.8 Å². The minimum absolute atomic E-state index is 0.191. The molecule has 0 saturated carbocycles. The molecule has 0 radical (unpaired) electrons. The van der Waals surface area contributed by atoms with Crippen molar-refractivity contribution in [3.63, 3.8) is 0 Å². The topological polar surface area (TPSA) is 37.4 Å². The molecule has 1 aliphatic rings. The smallest absolute Gasteiger partial charge is 0.253 e. The number of rotatable bonds is 2. The predicted octanol–water partition coefficient (Wildman–Crippen LogP) is 1.94. The van der Waals surface area contributed by atoms with E-state index in [4.69, 9.17) is 11.6 Å². The third kappa shape index (κ3) is 4.23. The average molecular weight is 216 g/mol. The zero-order valence-corrected chi connectivity index (χ0v) is 9.12. The van der Waals surface area contributed by atoms with E-state index in [2.05, 4.69) is 6.58 Å². The molecular weight excluding hydrogens is 202 g/mol. The summed E-state index contributed by atoms with van der Waals surface area (Å²) in [5.41, 5.74) is 1.22. The lowest BCUT2D eigenvalue weighted by atomic mass is 10.2. The maximum atomic E-state index is 10.9. The molecule has 3 nitrogen and oxygen atoms in total. The lowest BCUT2D eigenvalue weighted by Crippen LogP contribution is -2.33. The summed E-state index contributed by atoms with van der Waals surface area (Å²) in [5.74, 6) is -0.0461. The summed E-state index contributed by atoms with van der Waals surface area (Å²) in [6.45, 7) is 7.59. The van der Waals surface area contributed by atoms with Crippen LogP contribution >= 0.6 is 11.6 Å². The first kappa shape index (κ1) is 12.9. The van der Waals surface area contributed by atoms with Crippen LogP contribution in [0.3, 0.4) is 0 Å². The first-order valence-electron chi connectivity index (χ1n) is 4.27. The van der Waals surface area contributed by atoms with Gasteiger partial charge in [-0.15, -0.1) is 0 Å². The number of carbonyl (C=O) groups is 2. The van der Waals surface area contributed by atoms with Crippen LogP contribution in [0.5, 0.6) is 0 Å². The minimum Gasteiger partial charge on any atom is -0.275 e. The molecule has 4 heteroatoms. The molecular formula is C10H14ClNO2. The molecule has 0 aliphatic carbocycles. The molecule has 0 atom stereocenters. The van der Waals surface area contributed by atoms with Crippen molar-refractivity contribution in [3.8, 4) is 0 Å². The Bertz CT molecular complexity index is 241. The normalized spacial score (nSPS) is 14.4. The van der Waals surface area contributed by atoms with E-state index in [0.717, 1.165) is 0 Å². The summed E-state index contributed by atoms with van der Waals surface area (Å²) >= 11 is 4.76. The number of amides is 2. The molecule has 0 unspecified atom stereocenters. The number of halogens is 1. The van der Waals surface area contributed by atoms with Crippen molar-refractivity contribution < 1.29 is 9.59 Å². The number of imide groups is 1. The van der Waals surface area contributed by atoms with Crippen LogP contribution in [0, 0.1) is 5.92 Å². The molecule has 2 amide bonds. The Morgan fingerprint density at radius 1 is 1.43 bits per heavy atom. The van der Waals surface area contributed by atoms with Gasteiger partial charge in [0.2, 0.25) is 0 Å². The van der Waals surface area contributed by atoms with Gasteiger partial charge in [0, 0.05) is 18.7 Å². The summed E-state index contributed by atoms with van der Waals surface area (Å²) in [6, 6.07) is 0. The van der Waals surface area contributed by atoms with Gasteiger partial charge in [0.1, 0.15) is 0 Å². The zero-order valence-electron chi connectivity index (χ0n) is 8.37. The van der Waals surface area contributed by atoms with Gasteiger partial charge in [-0.05, 0) is 11.5 Å². The first-order valence-corrected chi connectivity index (χ1v) is 4.71. The first-order chi connectivity index (χ1) is 6.52. The van der Waals surface area contributed by atoms with E-state index in [1.807, 2.05) is 13.8 Å². The molecule has 0 aromatic heterocycles. The zero-order chi connectivity index (χ0) is 11.1. The van der Waals surface area contributed by atoms with E-state index in [-0.39, 0.29) is 11.8 Å². The number of nitrogens with zero attached hydrogens (tertiary/aromatic N) is 1. The third-order valence-corrected chi connectivity index (χ3v) is 1.45. The van der Waals surface area contributed by atoms with Crippen molar-refractivity contribution in [3.05, 3.63) is 24.3 Å². The average Bonchev–Trinajstić information content (AvgIpc) is 2.37. The second-order valence-electron chi connectivity index (χ2n) is 3.17. The molecule has 0 N–H and O–H groups in total. The van der Waals surface area contributed by atoms with Crippen LogP contribution in [0.2, 0.25) is 0 Å². The van der Waals surface area contributed by atoms with E-state index in [1.54, 1.807) is 0 Å². The van der Waals surface area contributed by atoms with Crippen LogP contribution in [0.25, 0.3) is 0 Å². The summed E-state index contributed by atoms with van der Waals surface area (Å²) in [4.78, 5) is 23.1. The fourth-order valence-electron chi connectivity index (χ4n) is 0.976. The van der Waals surface area contributed by atoms with Gasteiger partial charge in [-0.2, -0.15) is 0 Å². The van der Waals surface area contributed by atoms with Gasteiger partial charge in [-0.3, -0.25) is 14.5 Å². The highest BCUT2D eigenvalue weighted by atomic mass is 35.5. The van der Waals surface area contributed by atoms with Gasteiger partial charge in [0.05, 0.1) is 0 Å². The fraction of sp³-hybridized carbons (Fsp3) is 0.400. The van der Waals surface area contributed by atoms with Crippen LogP contribution < -0.4 is 0 Å². The molecule has 0 saturated heterocycles. The Kier molecular flexibility index (Phi) is 5.88. The van der Waals surface area contributed by atoms with Gasteiger partial charge in [-0.25, -0.2) is 0 Å². The second kappa shape index (κ2) is 6.38. The molecule has 0 aromatic carbocycles. The Morgan fingerprint density at radius 2 is 1.79 bits per heavy atom. The van der Waals surface area contributed by atoms with E-state index in [9.17, 15) is 9.59 Å². The molecule has 1 aliphatic heterocycles. The summed E-state index contributed by atoms with van der Waals surface area (Å²) in [5, 5.41) is 0. The van der Waals surface area contributed by atoms with Crippen LogP contribution in [0.15, 0.2) is 24.3 Å². The Labute approximate surface area is 89.0 Å². The van der Waals surface area contributed by atoms with Crippen molar-refractivity contribution in [1.29, 1.82) is 0 Å². The van der Waals surface area contributed by atoms with Crippen molar-refractivity contribution in [2.24, 2.45) is 5.92 Å². The van der Waals surface area contributed by atoms with Crippen molar-refractivity contribution in [1.82, 2.24) is 4.90 Å². The standard InChI is InChI=1S/C8H11NO2.C2H3Cl/c1-6(2)5-9-7(10)3-4-8(9)11;1-2-3/h3-4,6H,5H2,1-2H3;2H,1H2. The van der Waals surface area contributed by atoms with Crippen molar-refractivity contribution in [2.75, 3.05) is 6.54 Å². The Morgan fingerprint density at radius 3 is 2.07 bits per heavy atom. The summed E-state index contributed by atoms with van der Waals surface area (Å²) in [7, 11) is 0. The minimum atomic E-state index is -0.191. The molecule has 1 rings (SSSR count). The van der Waals surface area contributed by atoms with Crippen LogP contribution in [-0.4, -0.2) is 23.3 Å². The van der Waals surface area contributed by atoms with E-state index in [1.165, 1.54) is 22.6 Å². The van der Waals surface area contributed by atoms with Gasteiger partial charge in [0.25, 0.3) is 11.8 Å². The quantitative estimate of drug-likeness (QED) is 0.661. The monoisotopic (exact) mass is 215 g/mol. The van der Waals surface area contributed by atoms with E-state index < -0.39 is 0 Å². The van der Waals surface area contributed by atoms with E-state index in [0.29, 0.717) is 12.5 Å². The number of hydrogen-bond donors (Lipinski definition) is 0. The van der Waals surface area contributed by atoms with Gasteiger partial charge in [-0.1, -0.05) is 32.0 Å². The molecule has 0 spiro atoms. The third-order valence-electron chi connectivity index (χ3n) is 1.45.